The van der Waals surface area contributed by atoms with Crippen molar-refractivity contribution in [2.75, 3.05) is 39.0 Å². The number of anilines is 1. The molecular weight excluding hydrogens is 660 g/mol. The fourth-order valence-corrected chi connectivity index (χ4v) is 7.63. The van der Waals surface area contributed by atoms with E-state index in [0.717, 1.165) is 12.8 Å². The van der Waals surface area contributed by atoms with Gasteiger partial charge in [-0.1, -0.05) is 54.1 Å². The van der Waals surface area contributed by atoms with Crippen molar-refractivity contribution in [2.45, 2.75) is 24.2 Å². The van der Waals surface area contributed by atoms with Crippen LogP contribution in [0.3, 0.4) is 0 Å². The number of fused-ring (bicyclic) bond motifs is 1. The number of amides is 2. The lowest BCUT2D eigenvalue weighted by Gasteiger charge is -2.32. The smallest absolute Gasteiger partial charge is 0.268 e. The number of nitrogens with one attached hydrogen (secondary N) is 1. The molecule has 1 atom stereocenters. The molecule has 0 aliphatic carbocycles. The molecule has 1 fully saturated rings. The quantitative estimate of drug-likeness (QED) is 0.174. The van der Waals surface area contributed by atoms with E-state index in [9.17, 15) is 18.0 Å². The number of rotatable bonds is 10. The average Bonchev–Trinajstić information content (AvgIpc) is 3.50. The van der Waals surface area contributed by atoms with E-state index in [1.165, 1.54) is 10.0 Å². The highest BCUT2D eigenvalue weighted by atomic mass is 35.5. The van der Waals surface area contributed by atoms with Gasteiger partial charge in [-0.3, -0.25) is 9.59 Å². The summed E-state index contributed by atoms with van der Waals surface area (Å²) in [5.74, 6) is 0.397. The van der Waals surface area contributed by atoms with Crippen molar-refractivity contribution in [1.29, 1.82) is 0 Å². The summed E-state index contributed by atoms with van der Waals surface area (Å²) in [5.41, 5.74) is 2.73. The van der Waals surface area contributed by atoms with E-state index in [1.54, 1.807) is 85.2 Å². The van der Waals surface area contributed by atoms with E-state index >= 15 is 0 Å². The number of halogens is 1. The number of hydrogen-bond donors (Lipinski definition) is 1. The van der Waals surface area contributed by atoms with Crippen molar-refractivity contribution in [3.63, 3.8) is 0 Å². The third kappa shape index (κ3) is 7.75. The zero-order valence-corrected chi connectivity index (χ0v) is 28.9. The molecule has 0 spiro atoms. The molecule has 1 N–H and O–H groups in total. The van der Waals surface area contributed by atoms with Crippen LogP contribution in [-0.2, 0) is 21.2 Å². The Morgan fingerprint density at radius 3 is 2.51 bits per heavy atom. The van der Waals surface area contributed by atoms with Crippen LogP contribution >= 0.6 is 11.6 Å². The van der Waals surface area contributed by atoms with E-state index < -0.39 is 10.0 Å². The Labute approximate surface area is 291 Å². The lowest BCUT2D eigenvalue weighted by atomic mass is 9.94. The predicted octanol–water partition coefficient (Wildman–Crippen LogP) is 6.14. The number of carbonyl (C=O) groups excluding carboxylic acids is 2. The van der Waals surface area contributed by atoms with Crippen molar-refractivity contribution in [1.82, 2.24) is 23.7 Å². The number of nitrogens with zero attached hydrogens (tertiary/aromatic N) is 5. The molecule has 3 aromatic carbocycles. The van der Waals surface area contributed by atoms with Crippen LogP contribution in [0.15, 0.2) is 108 Å². The van der Waals surface area contributed by atoms with Crippen molar-refractivity contribution < 1.29 is 18.0 Å². The minimum absolute atomic E-state index is 0.0707. The Hall–Kier alpha value is -4.84. The third-order valence-electron chi connectivity index (χ3n) is 8.44. The molecular formula is C37H37ClN6O4S. The summed E-state index contributed by atoms with van der Waals surface area (Å²) in [4.78, 5) is 39.0. The van der Waals surface area contributed by atoms with Crippen LogP contribution in [0, 0.1) is 5.92 Å². The molecule has 10 nitrogen and oxygen atoms in total. The van der Waals surface area contributed by atoms with Gasteiger partial charge in [0.1, 0.15) is 5.82 Å². The third-order valence-corrected chi connectivity index (χ3v) is 10.4. The molecule has 5 aromatic rings. The second kappa shape index (κ2) is 14.7. The largest absolute Gasteiger partial charge is 0.338 e. The normalized spacial score (nSPS) is 15.3. The average molecular weight is 697 g/mol. The Morgan fingerprint density at radius 1 is 1.02 bits per heavy atom. The number of piperidine rings is 1. The van der Waals surface area contributed by atoms with Crippen molar-refractivity contribution >= 4 is 50.0 Å². The SMILES string of the molecule is CN(C)C/C=C/C(=O)Nc1ccc(C(=O)N2CCC[C@@H](Cc3ncc(Cl)c(-c4cn(S(=O)(=O)c5ccccc5)c5ccccc45)n3)C2)cc1. The predicted molar refractivity (Wildman–Crippen MR) is 192 cm³/mol. The van der Waals surface area contributed by atoms with Gasteiger partial charge in [0, 0.05) is 66.7 Å². The standard InChI is InChI=1S/C37H37ClN6O4S/c1-42(2)20-9-15-35(45)40-28-18-16-27(17-19-28)37(46)43-21-8-10-26(24-43)22-34-39-23-32(38)36(41-34)31-25-44(33-14-7-6-13-30(31)33)49(47,48)29-11-4-3-5-12-29/h3-7,9,11-19,23,25-26H,8,10,20-22,24H2,1-2H3,(H,40,45)/b15-9+/t26-/m0/s1. The molecule has 49 heavy (non-hydrogen) atoms. The van der Waals surface area contributed by atoms with Crippen LogP contribution in [0.25, 0.3) is 22.2 Å². The van der Waals surface area contributed by atoms with Crippen LogP contribution in [-0.4, -0.2) is 77.7 Å². The van der Waals surface area contributed by atoms with E-state index in [-0.39, 0.29) is 22.6 Å². The number of likely N-dealkylation sites (N-methyl/N-ethyl adjacent to an activating group) is 1. The summed E-state index contributed by atoms with van der Waals surface area (Å²) in [6.45, 7) is 1.85. The lowest BCUT2D eigenvalue weighted by Crippen LogP contribution is -2.40. The van der Waals surface area contributed by atoms with Crippen LogP contribution in [0.1, 0.15) is 29.0 Å². The second-order valence-electron chi connectivity index (χ2n) is 12.4. The molecule has 1 saturated heterocycles. The lowest BCUT2D eigenvalue weighted by molar-refractivity contribution is -0.111. The van der Waals surface area contributed by atoms with Gasteiger partial charge in [0.05, 0.1) is 21.1 Å². The van der Waals surface area contributed by atoms with Gasteiger partial charge in [-0.15, -0.1) is 0 Å². The van der Waals surface area contributed by atoms with E-state index in [2.05, 4.69) is 10.3 Å². The zero-order chi connectivity index (χ0) is 34.5. The van der Waals surface area contributed by atoms with Crippen molar-refractivity contribution in [3.8, 4) is 11.3 Å². The Kier molecular flexibility index (Phi) is 10.2. The molecule has 0 unspecified atom stereocenters. The van der Waals surface area contributed by atoms with Gasteiger partial charge < -0.3 is 15.1 Å². The highest BCUT2D eigenvalue weighted by Gasteiger charge is 2.27. The maximum Gasteiger partial charge on any atom is 0.268 e. The van der Waals surface area contributed by atoms with Gasteiger partial charge in [-0.25, -0.2) is 22.4 Å². The first kappa shape index (κ1) is 34.0. The maximum absolute atomic E-state index is 13.7. The number of para-hydroxylation sites is 1. The second-order valence-corrected chi connectivity index (χ2v) is 14.6. The molecule has 0 radical (unpaired) electrons. The monoisotopic (exact) mass is 696 g/mol. The summed E-state index contributed by atoms with van der Waals surface area (Å²) in [6.07, 6.45) is 8.69. The highest BCUT2D eigenvalue weighted by molar-refractivity contribution is 7.90. The number of hydrogen-bond acceptors (Lipinski definition) is 7. The van der Waals surface area contributed by atoms with Crippen LogP contribution in [0.4, 0.5) is 5.69 Å². The summed E-state index contributed by atoms with van der Waals surface area (Å²) in [6, 6.07) is 22.5. The minimum Gasteiger partial charge on any atom is -0.338 e. The van der Waals surface area contributed by atoms with Crippen molar-refractivity contribution in [2.24, 2.45) is 5.92 Å². The molecule has 0 saturated carbocycles. The Balaban J connectivity index is 1.17. The van der Waals surface area contributed by atoms with Crippen LogP contribution in [0.2, 0.25) is 5.02 Å². The van der Waals surface area contributed by atoms with E-state index in [4.69, 9.17) is 16.6 Å². The minimum atomic E-state index is -3.88. The Morgan fingerprint density at radius 2 is 1.76 bits per heavy atom. The van der Waals surface area contributed by atoms with Gasteiger partial charge in [0.2, 0.25) is 5.91 Å². The van der Waals surface area contributed by atoms with Gasteiger partial charge in [0.15, 0.2) is 0 Å². The number of benzene rings is 3. The molecule has 252 valence electrons. The van der Waals surface area contributed by atoms with Crippen molar-refractivity contribution in [3.05, 3.63) is 120 Å². The molecule has 12 heteroatoms. The molecule has 3 heterocycles. The number of aromatic nitrogens is 3. The zero-order valence-electron chi connectivity index (χ0n) is 27.3. The van der Waals surface area contributed by atoms with Gasteiger partial charge in [0.25, 0.3) is 15.9 Å². The Bertz CT molecular complexity index is 2110. The first-order chi connectivity index (χ1) is 23.6. The first-order valence-corrected chi connectivity index (χ1v) is 17.9. The van der Waals surface area contributed by atoms with Gasteiger partial charge >= 0.3 is 0 Å². The molecule has 0 bridgehead atoms. The molecule has 1 aliphatic heterocycles. The van der Waals surface area contributed by atoms with Gasteiger partial charge in [-0.05, 0) is 75.3 Å². The first-order valence-electron chi connectivity index (χ1n) is 16.0. The fraction of sp³-hybridized carbons (Fsp3) is 0.243. The van der Waals surface area contributed by atoms with E-state index in [1.807, 2.05) is 36.0 Å². The van der Waals surface area contributed by atoms with Gasteiger partial charge in [-0.2, -0.15) is 0 Å². The summed E-state index contributed by atoms with van der Waals surface area (Å²) in [5, 5.41) is 3.83. The van der Waals surface area contributed by atoms with Crippen LogP contribution < -0.4 is 5.32 Å². The van der Waals surface area contributed by atoms with Crippen LogP contribution in [0.5, 0.6) is 0 Å². The fourth-order valence-electron chi connectivity index (χ4n) is 6.04. The number of likely N-dealkylation sites (tertiary alicyclic amines) is 1. The highest BCUT2D eigenvalue weighted by Crippen LogP contribution is 2.35. The summed E-state index contributed by atoms with van der Waals surface area (Å²) in [7, 11) is -0.0257. The summed E-state index contributed by atoms with van der Waals surface area (Å²) >= 11 is 6.65. The van der Waals surface area contributed by atoms with E-state index in [0.29, 0.717) is 70.3 Å². The summed E-state index contributed by atoms with van der Waals surface area (Å²) < 4.78 is 28.6. The molecule has 2 amide bonds. The number of carbonyl (C=O) groups is 2. The molecule has 1 aliphatic rings. The molecule has 2 aromatic heterocycles. The maximum atomic E-state index is 13.7. The topological polar surface area (TPSA) is 117 Å². The molecule has 6 rings (SSSR count).